The van der Waals surface area contributed by atoms with Crippen molar-refractivity contribution in [3.05, 3.63) is 71.3 Å². The van der Waals surface area contributed by atoms with E-state index in [9.17, 15) is 9.67 Å². The molecule has 0 amide bonds. The third-order valence-corrected chi connectivity index (χ3v) is 5.26. The number of rotatable bonds is 12. The lowest BCUT2D eigenvalue weighted by atomic mass is 9.93. The molecule has 0 aromatic heterocycles. The Hall–Kier alpha value is -1.53. The zero-order valence-electron chi connectivity index (χ0n) is 16.0. The standard InChI is InChI=1S/C21H30NO5P/c22-21(16-23,17-27-28(24,25)26)15-14-20-12-10-19(11-13-20)9-5-4-8-18-6-2-1-3-7-18/h1-3,6-7,10-13,23H,4-5,8-9,14-17,22H2,(H2,24,25,26). The first-order valence-corrected chi connectivity index (χ1v) is 11.0. The predicted octanol–water partition coefficient (Wildman–Crippen LogP) is 2.98. The molecule has 0 bridgehead atoms. The van der Waals surface area contributed by atoms with Crippen LogP contribution in [0.2, 0.25) is 0 Å². The second-order valence-corrected chi connectivity index (χ2v) is 8.53. The molecular weight excluding hydrogens is 377 g/mol. The summed E-state index contributed by atoms with van der Waals surface area (Å²) in [5.74, 6) is 0. The van der Waals surface area contributed by atoms with Crippen LogP contribution in [0.4, 0.5) is 0 Å². The zero-order valence-corrected chi connectivity index (χ0v) is 16.9. The molecule has 1 atom stereocenters. The number of phosphoric acid groups is 1. The minimum absolute atomic E-state index is 0.361. The highest BCUT2D eigenvalue weighted by Crippen LogP contribution is 2.36. The first-order chi connectivity index (χ1) is 13.3. The summed E-state index contributed by atoms with van der Waals surface area (Å²) < 4.78 is 15.3. The number of unbranched alkanes of at least 4 members (excludes halogenated alkanes) is 1. The third-order valence-electron chi connectivity index (χ3n) is 4.79. The Morgan fingerprint density at radius 3 is 1.86 bits per heavy atom. The number of nitrogens with two attached hydrogens (primary N) is 1. The van der Waals surface area contributed by atoms with Gasteiger partial charge < -0.3 is 20.6 Å². The molecule has 0 aliphatic carbocycles. The summed E-state index contributed by atoms with van der Waals surface area (Å²) in [6.07, 6.45) is 5.35. The zero-order chi connectivity index (χ0) is 20.5. The molecule has 2 aromatic rings. The fourth-order valence-corrected chi connectivity index (χ4v) is 3.40. The average Bonchev–Trinajstić information content (AvgIpc) is 2.69. The van der Waals surface area contributed by atoms with Crippen LogP contribution >= 0.6 is 7.82 Å². The van der Waals surface area contributed by atoms with E-state index in [0.717, 1.165) is 31.2 Å². The second-order valence-electron chi connectivity index (χ2n) is 7.29. The lowest BCUT2D eigenvalue weighted by molar-refractivity contribution is 0.102. The smallest absolute Gasteiger partial charge is 0.394 e. The van der Waals surface area contributed by atoms with Crippen molar-refractivity contribution in [3.63, 3.8) is 0 Å². The molecule has 0 aliphatic rings. The molecule has 0 saturated carbocycles. The van der Waals surface area contributed by atoms with Gasteiger partial charge in [-0.1, -0.05) is 54.6 Å². The van der Waals surface area contributed by atoms with Crippen LogP contribution in [-0.2, 0) is 28.4 Å². The highest BCUT2D eigenvalue weighted by molar-refractivity contribution is 7.46. The Morgan fingerprint density at radius 1 is 0.857 bits per heavy atom. The summed E-state index contributed by atoms with van der Waals surface area (Å²) in [6.45, 7) is -0.806. The number of aryl methyl sites for hydroxylation is 3. The summed E-state index contributed by atoms with van der Waals surface area (Å²) >= 11 is 0. The molecule has 2 aromatic carbocycles. The van der Waals surface area contributed by atoms with E-state index in [-0.39, 0.29) is 0 Å². The van der Waals surface area contributed by atoms with Gasteiger partial charge in [-0.3, -0.25) is 4.52 Å². The highest BCUT2D eigenvalue weighted by atomic mass is 31.2. The van der Waals surface area contributed by atoms with E-state index < -0.39 is 26.6 Å². The van der Waals surface area contributed by atoms with Crippen molar-refractivity contribution in [2.45, 2.75) is 44.1 Å². The van der Waals surface area contributed by atoms with E-state index in [0.29, 0.717) is 12.8 Å². The number of benzene rings is 2. The van der Waals surface area contributed by atoms with E-state index in [1.807, 2.05) is 18.2 Å². The minimum Gasteiger partial charge on any atom is -0.394 e. The van der Waals surface area contributed by atoms with E-state index in [1.54, 1.807) is 0 Å². The van der Waals surface area contributed by atoms with E-state index >= 15 is 0 Å². The molecule has 0 spiro atoms. The summed E-state index contributed by atoms with van der Waals surface area (Å²) in [7, 11) is -4.60. The molecule has 2 rings (SSSR count). The highest BCUT2D eigenvalue weighted by Gasteiger charge is 2.28. The Labute approximate surface area is 166 Å². The monoisotopic (exact) mass is 407 g/mol. The molecular formula is C21H30NO5P. The van der Waals surface area contributed by atoms with Gasteiger partial charge in [0.25, 0.3) is 0 Å². The third kappa shape index (κ3) is 8.65. The fourth-order valence-electron chi connectivity index (χ4n) is 2.98. The van der Waals surface area contributed by atoms with Gasteiger partial charge in [-0.05, 0) is 55.2 Å². The summed E-state index contributed by atoms with van der Waals surface area (Å²) in [5.41, 5.74) is 8.52. The first-order valence-electron chi connectivity index (χ1n) is 9.51. The summed E-state index contributed by atoms with van der Waals surface area (Å²) in [5, 5.41) is 9.45. The molecule has 6 nitrogen and oxygen atoms in total. The summed E-state index contributed by atoms with van der Waals surface area (Å²) in [4.78, 5) is 17.6. The quantitative estimate of drug-likeness (QED) is 0.318. The van der Waals surface area contributed by atoms with E-state index in [1.165, 1.54) is 11.1 Å². The van der Waals surface area contributed by atoms with Crippen molar-refractivity contribution >= 4 is 7.82 Å². The summed E-state index contributed by atoms with van der Waals surface area (Å²) in [6, 6.07) is 18.8. The largest absolute Gasteiger partial charge is 0.469 e. The number of aliphatic hydroxyl groups is 1. The second kappa shape index (κ2) is 10.9. The predicted molar refractivity (Wildman–Crippen MR) is 110 cm³/mol. The van der Waals surface area contributed by atoms with Crippen LogP contribution in [0.25, 0.3) is 0 Å². The number of hydrogen-bond donors (Lipinski definition) is 4. The van der Waals surface area contributed by atoms with Crippen molar-refractivity contribution in [1.82, 2.24) is 0 Å². The Balaban J connectivity index is 1.74. The van der Waals surface area contributed by atoms with Crippen LogP contribution < -0.4 is 5.73 Å². The van der Waals surface area contributed by atoms with Crippen molar-refractivity contribution in [3.8, 4) is 0 Å². The van der Waals surface area contributed by atoms with Crippen molar-refractivity contribution < 1.29 is 24.0 Å². The maximum atomic E-state index is 10.8. The van der Waals surface area contributed by atoms with Crippen LogP contribution in [0.3, 0.4) is 0 Å². The van der Waals surface area contributed by atoms with Crippen LogP contribution in [0.5, 0.6) is 0 Å². The molecule has 0 fully saturated rings. The molecule has 0 heterocycles. The van der Waals surface area contributed by atoms with Gasteiger partial charge in [-0.25, -0.2) is 4.57 Å². The van der Waals surface area contributed by atoms with Crippen LogP contribution in [0.1, 0.15) is 36.0 Å². The lowest BCUT2D eigenvalue weighted by Crippen LogP contribution is -2.48. The molecule has 0 aliphatic heterocycles. The van der Waals surface area contributed by atoms with Crippen LogP contribution in [0.15, 0.2) is 54.6 Å². The van der Waals surface area contributed by atoms with Gasteiger partial charge in [0.15, 0.2) is 0 Å². The van der Waals surface area contributed by atoms with Crippen molar-refractivity contribution in [1.29, 1.82) is 0 Å². The Morgan fingerprint density at radius 2 is 1.36 bits per heavy atom. The normalized spacial score (nSPS) is 14.0. The molecule has 7 heteroatoms. The van der Waals surface area contributed by atoms with Gasteiger partial charge in [-0.2, -0.15) is 0 Å². The maximum Gasteiger partial charge on any atom is 0.469 e. The first kappa shape index (κ1) is 22.8. The molecule has 0 saturated heterocycles. The lowest BCUT2D eigenvalue weighted by Gasteiger charge is -2.27. The van der Waals surface area contributed by atoms with Gasteiger partial charge in [0.05, 0.1) is 18.8 Å². The van der Waals surface area contributed by atoms with Crippen LogP contribution in [0, 0.1) is 0 Å². The van der Waals surface area contributed by atoms with Gasteiger partial charge in [0, 0.05) is 0 Å². The minimum atomic E-state index is -4.60. The number of hydrogen-bond acceptors (Lipinski definition) is 4. The molecule has 0 radical (unpaired) electrons. The number of phosphoric ester groups is 1. The van der Waals surface area contributed by atoms with Crippen molar-refractivity contribution in [2.24, 2.45) is 5.73 Å². The number of aliphatic hydroxyl groups excluding tert-OH is 1. The van der Waals surface area contributed by atoms with Gasteiger partial charge >= 0.3 is 7.82 Å². The molecule has 154 valence electrons. The van der Waals surface area contributed by atoms with E-state index in [4.69, 9.17) is 15.5 Å². The maximum absolute atomic E-state index is 10.8. The molecule has 1 unspecified atom stereocenters. The average molecular weight is 407 g/mol. The topological polar surface area (TPSA) is 113 Å². The molecule has 28 heavy (non-hydrogen) atoms. The van der Waals surface area contributed by atoms with Crippen LogP contribution in [-0.4, -0.2) is 33.6 Å². The van der Waals surface area contributed by atoms with Gasteiger partial charge in [0.1, 0.15) is 0 Å². The Bertz CT molecular complexity index is 747. The van der Waals surface area contributed by atoms with Crippen molar-refractivity contribution in [2.75, 3.05) is 13.2 Å². The van der Waals surface area contributed by atoms with Gasteiger partial charge in [0.2, 0.25) is 0 Å². The fraction of sp³-hybridized carbons (Fsp3) is 0.429. The molecule has 5 N–H and O–H groups in total. The van der Waals surface area contributed by atoms with Gasteiger partial charge in [-0.15, -0.1) is 0 Å². The Kier molecular flexibility index (Phi) is 8.83. The SMILES string of the molecule is NC(CO)(CCc1ccc(CCCCc2ccccc2)cc1)COP(=O)(O)O. The van der Waals surface area contributed by atoms with E-state index in [2.05, 4.69) is 40.9 Å².